The molecule has 1 unspecified atom stereocenters. The summed E-state index contributed by atoms with van der Waals surface area (Å²) in [5.41, 5.74) is 3.49. The van der Waals surface area contributed by atoms with Gasteiger partial charge in [-0.25, -0.2) is 4.98 Å². The Balaban J connectivity index is 1.88. The molecule has 3 heterocycles. The van der Waals surface area contributed by atoms with Gasteiger partial charge in [0.15, 0.2) is 5.65 Å². The van der Waals surface area contributed by atoms with Crippen molar-refractivity contribution in [2.45, 2.75) is 13.0 Å². The molecule has 8 heteroatoms. The monoisotopic (exact) mass is 400 g/mol. The van der Waals surface area contributed by atoms with Crippen molar-refractivity contribution in [3.63, 3.8) is 0 Å². The first-order valence-electron chi connectivity index (χ1n) is 8.11. The molecule has 0 aliphatic carbocycles. The third kappa shape index (κ3) is 3.23. The van der Waals surface area contributed by atoms with E-state index in [1.54, 1.807) is 47.3 Å². The molecule has 0 aliphatic heterocycles. The Kier molecular flexibility index (Phi) is 4.47. The number of pyridine rings is 1. The highest BCUT2D eigenvalue weighted by atomic mass is 35.5. The maximum atomic E-state index is 11.3. The SMILES string of the molecule is Cc1nc2cnc(-c3ccc(=O)[nH]c3)cn2c1C(O)c1cc(Cl)ccc1Cl. The Morgan fingerprint density at radius 1 is 1.22 bits per heavy atom. The Bertz CT molecular complexity index is 1200. The second-order valence-corrected chi connectivity index (χ2v) is 6.94. The van der Waals surface area contributed by atoms with Crippen molar-refractivity contribution in [3.8, 4) is 11.3 Å². The van der Waals surface area contributed by atoms with Gasteiger partial charge in [0.25, 0.3) is 0 Å². The number of hydrogen-bond donors (Lipinski definition) is 2. The highest BCUT2D eigenvalue weighted by Gasteiger charge is 2.22. The molecule has 1 atom stereocenters. The molecule has 0 saturated heterocycles. The minimum absolute atomic E-state index is 0.190. The van der Waals surface area contributed by atoms with E-state index in [-0.39, 0.29) is 5.56 Å². The molecule has 6 nitrogen and oxygen atoms in total. The Labute approximate surface area is 164 Å². The van der Waals surface area contributed by atoms with Gasteiger partial charge in [0.1, 0.15) is 6.10 Å². The number of aliphatic hydroxyl groups excluding tert-OH is 1. The number of imidazole rings is 1. The van der Waals surface area contributed by atoms with E-state index in [4.69, 9.17) is 23.2 Å². The highest BCUT2D eigenvalue weighted by Crippen LogP contribution is 2.32. The van der Waals surface area contributed by atoms with E-state index < -0.39 is 6.10 Å². The average molecular weight is 401 g/mol. The van der Waals surface area contributed by atoms with Crippen LogP contribution in [0.25, 0.3) is 16.9 Å². The van der Waals surface area contributed by atoms with Gasteiger partial charge in [0, 0.05) is 39.6 Å². The molecule has 1 aromatic carbocycles. The maximum absolute atomic E-state index is 11.3. The van der Waals surface area contributed by atoms with Crippen molar-refractivity contribution >= 4 is 28.8 Å². The highest BCUT2D eigenvalue weighted by molar-refractivity contribution is 6.33. The third-order valence-corrected chi connectivity index (χ3v) is 4.90. The molecule has 136 valence electrons. The molecule has 0 spiro atoms. The fraction of sp³-hybridized carbons (Fsp3) is 0.105. The molecule has 4 rings (SSSR count). The zero-order valence-electron chi connectivity index (χ0n) is 14.1. The molecule has 0 bridgehead atoms. The number of nitrogens with one attached hydrogen (secondary N) is 1. The first-order chi connectivity index (χ1) is 12.9. The van der Waals surface area contributed by atoms with E-state index in [0.29, 0.717) is 38.3 Å². The van der Waals surface area contributed by atoms with Gasteiger partial charge >= 0.3 is 0 Å². The minimum Gasteiger partial charge on any atom is -0.382 e. The molecule has 0 saturated carbocycles. The number of benzene rings is 1. The number of hydrogen-bond acceptors (Lipinski definition) is 4. The van der Waals surface area contributed by atoms with Crippen molar-refractivity contribution in [1.29, 1.82) is 0 Å². The van der Waals surface area contributed by atoms with Gasteiger partial charge in [-0.05, 0) is 31.2 Å². The van der Waals surface area contributed by atoms with Crippen LogP contribution in [-0.2, 0) is 0 Å². The van der Waals surface area contributed by atoms with Crippen LogP contribution >= 0.6 is 23.2 Å². The van der Waals surface area contributed by atoms with E-state index in [1.807, 2.05) is 6.92 Å². The number of H-pyrrole nitrogens is 1. The van der Waals surface area contributed by atoms with E-state index in [1.165, 1.54) is 6.07 Å². The first kappa shape index (κ1) is 17.7. The van der Waals surface area contributed by atoms with Gasteiger partial charge in [-0.2, -0.15) is 0 Å². The van der Waals surface area contributed by atoms with Crippen LogP contribution in [0.3, 0.4) is 0 Å². The quantitative estimate of drug-likeness (QED) is 0.547. The number of halogens is 2. The number of aliphatic hydroxyl groups is 1. The van der Waals surface area contributed by atoms with Gasteiger partial charge < -0.3 is 10.1 Å². The number of aryl methyl sites for hydroxylation is 1. The number of rotatable bonds is 3. The largest absolute Gasteiger partial charge is 0.382 e. The summed E-state index contributed by atoms with van der Waals surface area (Å²) in [7, 11) is 0. The zero-order chi connectivity index (χ0) is 19.1. The summed E-state index contributed by atoms with van der Waals surface area (Å²) in [5.74, 6) is 0. The summed E-state index contributed by atoms with van der Waals surface area (Å²) in [5, 5.41) is 11.9. The normalized spacial score (nSPS) is 12.4. The molecule has 4 aromatic rings. The van der Waals surface area contributed by atoms with Crippen molar-refractivity contribution in [1.82, 2.24) is 19.4 Å². The number of nitrogens with zero attached hydrogens (tertiary/aromatic N) is 3. The molecule has 0 radical (unpaired) electrons. The maximum Gasteiger partial charge on any atom is 0.247 e. The van der Waals surface area contributed by atoms with E-state index in [9.17, 15) is 9.90 Å². The van der Waals surface area contributed by atoms with Crippen LogP contribution < -0.4 is 5.56 Å². The summed E-state index contributed by atoms with van der Waals surface area (Å²) in [4.78, 5) is 22.8. The fourth-order valence-electron chi connectivity index (χ4n) is 3.01. The molecular formula is C19H14Cl2N4O2. The van der Waals surface area contributed by atoms with Gasteiger partial charge in [-0.15, -0.1) is 0 Å². The van der Waals surface area contributed by atoms with Crippen LogP contribution in [0.1, 0.15) is 23.1 Å². The fourth-order valence-corrected chi connectivity index (χ4v) is 3.41. The smallest absolute Gasteiger partial charge is 0.247 e. The lowest BCUT2D eigenvalue weighted by Gasteiger charge is -2.14. The van der Waals surface area contributed by atoms with Crippen LogP contribution in [0.15, 0.2) is 53.7 Å². The summed E-state index contributed by atoms with van der Waals surface area (Å²) in [6.07, 6.45) is 3.95. The van der Waals surface area contributed by atoms with E-state index >= 15 is 0 Å². The van der Waals surface area contributed by atoms with Gasteiger partial charge in [-0.1, -0.05) is 23.2 Å². The Morgan fingerprint density at radius 3 is 2.78 bits per heavy atom. The minimum atomic E-state index is -1.02. The number of aromatic amines is 1. The Hall–Kier alpha value is -2.67. The summed E-state index contributed by atoms with van der Waals surface area (Å²) in [6, 6.07) is 8.06. The molecular weight excluding hydrogens is 387 g/mol. The topological polar surface area (TPSA) is 83.3 Å². The van der Waals surface area contributed by atoms with E-state index in [2.05, 4.69) is 15.0 Å². The molecule has 0 amide bonds. The summed E-state index contributed by atoms with van der Waals surface area (Å²) >= 11 is 12.3. The third-order valence-electron chi connectivity index (χ3n) is 4.32. The van der Waals surface area contributed by atoms with Crippen molar-refractivity contribution in [3.05, 3.63) is 86.3 Å². The standard InChI is InChI=1S/C19H14Cl2N4O2/c1-10-18(19(27)13-6-12(20)3-4-14(13)21)25-9-15(22-8-16(25)24-10)11-2-5-17(26)23-7-11/h2-9,19,27H,1H3,(H,23,26). The second-order valence-electron chi connectivity index (χ2n) is 6.09. The molecule has 0 fully saturated rings. The van der Waals surface area contributed by atoms with Crippen molar-refractivity contribution < 1.29 is 5.11 Å². The van der Waals surface area contributed by atoms with Gasteiger partial charge in [0.2, 0.25) is 5.56 Å². The van der Waals surface area contributed by atoms with Crippen LogP contribution in [0.4, 0.5) is 0 Å². The van der Waals surface area contributed by atoms with E-state index in [0.717, 1.165) is 5.56 Å². The summed E-state index contributed by atoms with van der Waals surface area (Å²) < 4.78 is 1.77. The lowest BCUT2D eigenvalue weighted by atomic mass is 10.1. The van der Waals surface area contributed by atoms with Crippen molar-refractivity contribution in [2.75, 3.05) is 0 Å². The summed E-state index contributed by atoms with van der Waals surface area (Å²) in [6.45, 7) is 1.81. The van der Waals surface area contributed by atoms with Crippen LogP contribution in [0, 0.1) is 6.92 Å². The lowest BCUT2D eigenvalue weighted by molar-refractivity contribution is 0.213. The average Bonchev–Trinajstić information content (AvgIpc) is 2.98. The van der Waals surface area contributed by atoms with Gasteiger partial charge in [0.05, 0.1) is 23.3 Å². The first-order valence-corrected chi connectivity index (χ1v) is 8.86. The Morgan fingerprint density at radius 2 is 2.04 bits per heavy atom. The van der Waals surface area contributed by atoms with Crippen LogP contribution in [-0.4, -0.2) is 24.5 Å². The molecule has 0 aliphatic rings. The lowest BCUT2D eigenvalue weighted by Crippen LogP contribution is -2.07. The van der Waals surface area contributed by atoms with Crippen LogP contribution in [0.5, 0.6) is 0 Å². The molecule has 2 N–H and O–H groups in total. The number of aromatic nitrogens is 4. The van der Waals surface area contributed by atoms with Crippen molar-refractivity contribution in [2.24, 2.45) is 0 Å². The number of fused-ring (bicyclic) bond motifs is 1. The van der Waals surface area contributed by atoms with Crippen LogP contribution in [0.2, 0.25) is 10.0 Å². The predicted molar refractivity (Wildman–Crippen MR) is 104 cm³/mol. The molecule has 27 heavy (non-hydrogen) atoms. The zero-order valence-corrected chi connectivity index (χ0v) is 15.7. The second kappa shape index (κ2) is 6.81. The predicted octanol–water partition coefficient (Wildman–Crippen LogP) is 3.78. The molecule has 3 aromatic heterocycles. The van der Waals surface area contributed by atoms with Gasteiger partial charge in [-0.3, -0.25) is 14.2 Å².